The van der Waals surface area contributed by atoms with Crippen molar-refractivity contribution in [3.05, 3.63) is 0 Å². The van der Waals surface area contributed by atoms with Crippen LogP contribution in [0.25, 0.3) is 0 Å². The molecule has 0 spiro atoms. The molecule has 1 N–H and O–H groups in total. The van der Waals surface area contributed by atoms with Crippen molar-refractivity contribution in [1.29, 1.82) is 0 Å². The summed E-state index contributed by atoms with van der Waals surface area (Å²) in [7, 11) is 2.11. The second kappa shape index (κ2) is 5.96. The molecule has 3 unspecified atom stereocenters. The van der Waals surface area contributed by atoms with Gasteiger partial charge in [0.2, 0.25) is 0 Å². The molecule has 1 fully saturated rings. The Morgan fingerprint density at radius 1 is 1.20 bits per heavy atom. The molecule has 20 heavy (non-hydrogen) atoms. The van der Waals surface area contributed by atoms with Crippen LogP contribution >= 0.6 is 0 Å². The van der Waals surface area contributed by atoms with Gasteiger partial charge in [-0.05, 0) is 65.3 Å². The van der Waals surface area contributed by atoms with Gasteiger partial charge in [0.25, 0.3) is 0 Å². The lowest BCUT2D eigenvalue weighted by molar-refractivity contribution is -0.0781. The van der Waals surface area contributed by atoms with Crippen LogP contribution in [0.15, 0.2) is 0 Å². The summed E-state index contributed by atoms with van der Waals surface area (Å²) in [5, 5.41) is 3.57. The molecule has 1 aliphatic heterocycles. The summed E-state index contributed by atoms with van der Waals surface area (Å²) in [6.07, 6.45) is 3.66. The normalized spacial score (nSPS) is 28.4. The maximum Gasteiger partial charge on any atom is 0.0677 e. The van der Waals surface area contributed by atoms with E-state index in [4.69, 9.17) is 4.74 Å². The van der Waals surface area contributed by atoms with Crippen molar-refractivity contribution in [1.82, 2.24) is 5.32 Å². The Morgan fingerprint density at radius 3 is 2.10 bits per heavy atom. The van der Waals surface area contributed by atoms with Gasteiger partial charge in [-0.15, -0.1) is 0 Å². The minimum absolute atomic E-state index is 0.0104. The molecule has 0 bridgehead atoms. The molecule has 1 rings (SSSR count). The lowest BCUT2D eigenvalue weighted by Crippen LogP contribution is -2.43. The van der Waals surface area contributed by atoms with E-state index in [1.165, 1.54) is 12.8 Å². The molecule has 0 aromatic rings. The standard InChI is InChI=1S/C18H37NO/c1-13(11-16(2,3)4)10-15(19-9)14-12-17(5,6)20-18(14,7)8/h13-15,19H,10-12H2,1-9H3. The first-order valence-electron chi connectivity index (χ1n) is 8.24. The highest BCUT2D eigenvalue weighted by atomic mass is 16.5. The van der Waals surface area contributed by atoms with Gasteiger partial charge in [-0.1, -0.05) is 27.7 Å². The molecule has 0 aromatic heterocycles. The number of rotatable bonds is 5. The van der Waals surface area contributed by atoms with Crippen molar-refractivity contribution in [3.8, 4) is 0 Å². The van der Waals surface area contributed by atoms with E-state index in [9.17, 15) is 0 Å². The second-order valence-corrected chi connectivity index (χ2v) is 9.28. The lowest BCUT2D eigenvalue weighted by atomic mass is 9.76. The predicted molar refractivity (Wildman–Crippen MR) is 88.1 cm³/mol. The Bertz CT molecular complexity index is 314. The van der Waals surface area contributed by atoms with Crippen LogP contribution in [0.2, 0.25) is 0 Å². The average Bonchev–Trinajstić information content (AvgIpc) is 2.40. The fraction of sp³-hybridized carbons (Fsp3) is 1.00. The first-order chi connectivity index (χ1) is 8.86. The molecule has 0 aliphatic carbocycles. The van der Waals surface area contributed by atoms with E-state index in [-0.39, 0.29) is 11.2 Å². The SMILES string of the molecule is CNC(CC(C)CC(C)(C)C)C1CC(C)(C)OC1(C)C. The smallest absolute Gasteiger partial charge is 0.0677 e. The molecule has 0 amide bonds. The minimum Gasteiger partial charge on any atom is -0.369 e. The molecule has 0 saturated carbocycles. The molecule has 120 valence electrons. The molecule has 3 atom stereocenters. The van der Waals surface area contributed by atoms with Gasteiger partial charge in [0.05, 0.1) is 11.2 Å². The van der Waals surface area contributed by atoms with Crippen molar-refractivity contribution in [3.63, 3.8) is 0 Å². The lowest BCUT2D eigenvalue weighted by Gasteiger charge is -2.35. The number of nitrogens with one attached hydrogen (secondary N) is 1. The van der Waals surface area contributed by atoms with Crippen LogP contribution in [0.1, 0.15) is 74.7 Å². The fourth-order valence-corrected chi connectivity index (χ4v) is 4.28. The zero-order chi connectivity index (χ0) is 15.8. The monoisotopic (exact) mass is 283 g/mol. The molecular formula is C18H37NO. The maximum atomic E-state index is 6.27. The van der Waals surface area contributed by atoms with Gasteiger partial charge in [0.1, 0.15) is 0 Å². The van der Waals surface area contributed by atoms with E-state index in [2.05, 4.69) is 67.8 Å². The molecule has 2 heteroatoms. The van der Waals surface area contributed by atoms with Crippen molar-refractivity contribution in [2.75, 3.05) is 7.05 Å². The molecule has 0 radical (unpaired) electrons. The Balaban J connectivity index is 2.71. The van der Waals surface area contributed by atoms with E-state index in [1.807, 2.05) is 0 Å². The third-order valence-electron chi connectivity index (χ3n) is 4.62. The summed E-state index contributed by atoms with van der Waals surface area (Å²) < 4.78 is 6.27. The van der Waals surface area contributed by atoms with Gasteiger partial charge >= 0.3 is 0 Å². The molecule has 1 saturated heterocycles. The Kier molecular flexibility index (Phi) is 5.36. The van der Waals surface area contributed by atoms with Crippen LogP contribution < -0.4 is 5.32 Å². The molecule has 0 aromatic carbocycles. The second-order valence-electron chi connectivity index (χ2n) is 9.28. The number of hydrogen-bond acceptors (Lipinski definition) is 2. The Labute approximate surface area is 127 Å². The zero-order valence-electron chi connectivity index (χ0n) is 15.3. The molecule has 1 heterocycles. The largest absolute Gasteiger partial charge is 0.369 e. The third-order valence-corrected chi connectivity index (χ3v) is 4.62. The zero-order valence-corrected chi connectivity index (χ0v) is 15.3. The fourth-order valence-electron chi connectivity index (χ4n) is 4.28. The van der Waals surface area contributed by atoms with E-state index < -0.39 is 0 Å². The van der Waals surface area contributed by atoms with Crippen molar-refractivity contribution in [2.45, 2.75) is 91.9 Å². The van der Waals surface area contributed by atoms with Crippen LogP contribution in [0.5, 0.6) is 0 Å². The van der Waals surface area contributed by atoms with Gasteiger partial charge < -0.3 is 10.1 Å². The molecular weight excluding hydrogens is 246 g/mol. The summed E-state index contributed by atoms with van der Waals surface area (Å²) in [5.41, 5.74) is 0.397. The van der Waals surface area contributed by atoms with Crippen LogP contribution in [0.3, 0.4) is 0 Å². The first-order valence-corrected chi connectivity index (χ1v) is 8.24. The van der Waals surface area contributed by atoms with Gasteiger partial charge in [-0.25, -0.2) is 0 Å². The summed E-state index contributed by atoms with van der Waals surface area (Å²) >= 11 is 0. The number of ether oxygens (including phenoxy) is 1. The highest BCUT2D eigenvalue weighted by molar-refractivity contribution is 4.99. The van der Waals surface area contributed by atoms with E-state index in [1.54, 1.807) is 0 Å². The van der Waals surface area contributed by atoms with E-state index in [0.717, 1.165) is 12.3 Å². The van der Waals surface area contributed by atoms with Crippen molar-refractivity contribution < 1.29 is 4.74 Å². The first kappa shape index (κ1) is 18.0. The maximum absolute atomic E-state index is 6.27. The van der Waals surface area contributed by atoms with Crippen LogP contribution in [-0.2, 0) is 4.74 Å². The van der Waals surface area contributed by atoms with Crippen LogP contribution in [0, 0.1) is 17.3 Å². The third kappa shape index (κ3) is 5.04. The summed E-state index contributed by atoms with van der Waals surface area (Å²) in [5.74, 6) is 1.33. The van der Waals surface area contributed by atoms with E-state index in [0.29, 0.717) is 17.4 Å². The highest BCUT2D eigenvalue weighted by Gasteiger charge is 2.48. The highest BCUT2D eigenvalue weighted by Crippen LogP contribution is 2.45. The van der Waals surface area contributed by atoms with Crippen molar-refractivity contribution in [2.24, 2.45) is 17.3 Å². The topological polar surface area (TPSA) is 21.3 Å². The molecule has 1 aliphatic rings. The predicted octanol–water partition coefficient (Wildman–Crippen LogP) is 4.63. The van der Waals surface area contributed by atoms with Gasteiger partial charge in [0.15, 0.2) is 0 Å². The summed E-state index contributed by atoms with van der Waals surface area (Å²) in [4.78, 5) is 0. The summed E-state index contributed by atoms with van der Waals surface area (Å²) in [6, 6.07) is 0.545. The van der Waals surface area contributed by atoms with Crippen LogP contribution in [-0.4, -0.2) is 24.3 Å². The minimum atomic E-state index is -0.0291. The van der Waals surface area contributed by atoms with Crippen LogP contribution in [0.4, 0.5) is 0 Å². The van der Waals surface area contributed by atoms with Crippen molar-refractivity contribution >= 4 is 0 Å². The number of hydrogen-bond donors (Lipinski definition) is 1. The molecule has 2 nitrogen and oxygen atoms in total. The quantitative estimate of drug-likeness (QED) is 0.794. The van der Waals surface area contributed by atoms with E-state index >= 15 is 0 Å². The summed E-state index contributed by atoms with van der Waals surface area (Å²) in [6.45, 7) is 18.4. The van der Waals surface area contributed by atoms with Gasteiger partial charge in [-0.2, -0.15) is 0 Å². The Morgan fingerprint density at radius 2 is 1.75 bits per heavy atom. The average molecular weight is 284 g/mol. The van der Waals surface area contributed by atoms with Gasteiger partial charge in [-0.3, -0.25) is 0 Å². The van der Waals surface area contributed by atoms with Gasteiger partial charge in [0, 0.05) is 12.0 Å². The Hall–Kier alpha value is -0.0800.